The number of rotatable bonds is 2. The molecule has 0 fully saturated rings. The van der Waals surface area contributed by atoms with Crippen LogP contribution in [0, 0.1) is 5.82 Å². The first kappa shape index (κ1) is 12.0. The van der Waals surface area contributed by atoms with Gasteiger partial charge < -0.3 is 0 Å². The van der Waals surface area contributed by atoms with Gasteiger partial charge in [-0.3, -0.25) is 9.78 Å². The van der Waals surface area contributed by atoms with E-state index in [1.165, 1.54) is 12.3 Å². The van der Waals surface area contributed by atoms with Crippen molar-refractivity contribution >= 4 is 5.78 Å². The van der Waals surface area contributed by atoms with Gasteiger partial charge in [0.25, 0.3) is 0 Å². The van der Waals surface area contributed by atoms with E-state index >= 15 is 0 Å². The van der Waals surface area contributed by atoms with E-state index in [-0.39, 0.29) is 18.9 Å². The largest absolute Gasteiger partial charge is 0.287 e. The lowest BCUT2D eigenvalue weighted by Gasteiger charge is -1.99. The van der Waals surface area contributed by atoms with Crippen molar-refractivity contribution in [1.82, 2.24) is 4.98 Å². The molecule has 0 saturated heterocycles. The molecule has 0 bridgehead atoms. The zero-order valence-electron chi connectivity index (χ0n) is 7.85. The molecular formula is C13H12FNO. The van der Waals surface area contributed by atoms with Gasteiger partial charge >= 0.3 is 0 Å². The van der Waals surface area contributed by atoms with Crippen LogP contribution >= 0.6 is 0 Å². The van der Waals surface area contributed by atoms with E-state index < -0.39 is 5.82 Å². The molecule has 2 aromatic rings. The number of nitrogens with zero attached hydrogens (tertiary/aromatic N) is 1. The maximum Gasteiger partial charge on any atom is 0.211 e. The molecule has 0 unspecified atom stereocenters. The summed E-state index contributed by atoms with van der Waals surface area (Å²) in [4.78, 5) is 15.6. The molecule has 0 amide bonds. The Bertz CT molecular complexity index is 482. The molecule has 0 aliphatic heterocycles. The Balaban J connectivity index is 0.00000128. The second kappa shape index (κ2) is 5.16. The van der Waals surface area contributed by atoms with Gasteiger partial charge in [-0.15, -0.1) is 0 Å². The molecule has 0 aliphatic rings. The van der Waals surface area contributed by atoms with Gasteiger partial charge in [0.15, 0.2) is 0 Å². The predicted octanol–water partition coefficient (Wildman–Crippen LogP) is 3.09. The Labute approximate surface area is 93.8 Å². The standard InChI is InChI=1S/C12H8FNO.CH4/c13-10-6-7-14-11(8-10)12(15)9-4-2-1-3-5-9;/h1-8H;1H4. The number of aromatic nitrogens is 1. The number of halogens is 1. The van der Waals surface area contributed by atoms with Crippen LogP contribution in [0.25, 0.3) is 0 Å². The Kier molecular flexibility index (Phi) is 3.89. The van der Waals surface area contributed by atoms with E-state index in [0.29, 0.717) is 5.56 Å². The number of pyridine rings is 1. The van der Waals surface area contributed by atoms with Crippen molar-refractivity contribution in [1.29, 1.82) is 0 Å². The number of ketones is 1. The second-order valence-corrected chi connectivity index (χ2v) is 3.05. The maximum atomic E-state index is 12.9. The molecular weight excluding hydrogens is 205 g/mol. The highest BCUT2D eigenvalue weighted by Gasteiger charge is 2.09. The zero-order chi connectivity index (χ0) is 10.7. The average Bonchev–Trinajstić information content (AvgIpc) is 2.29. The molecule has 1 aromatic carbocycles. The van der Waals surface area contributed by atoms with Crippen molar-refractivity contribution in [3.05, 3.63) is 65.7 Å². The zero-order valence-corrected chi connectivity index (χ0v) is 7.85. The molecule has 16 heavy (non-hydrogen) atoms. The van der Waals surface area contributed by atoms with E-state index in [1.807, 2.05) is 6.07 Å². The maximum absolute atomic E-state index is 12.9. The molecule has 0 aliphatic carbocycles. The van der Waals surface area contributed by atoms with Gasteiger partial charge in [-0.1, -0.05) is 37.8 Å². The van der Waals surface area contributed by atoms with Crippen molar-refractivity contribution in [2.24, 2.45) is 0 Å². The molecule has 82 valence electrons. The van der Waals surface area contributed by atoms with Crippen molar-refractivity contribution in [2.75, 3.05) is 0 Å². The number of carbonyl (C=O) groups excluding carboxylic acids is 1. The van der Waals surface area contributed by atoms with E-state index in [2.05, 4.69) is 4.98 Å². The van der Waals surface area contributed by atoms with Crippen LogP contribution in [-0.4, -0.2) is 10.8 Å². The Morgan fingerprint density at radius 1 is 1.12 bits per heavy atom. The van der Waals surface area contributed by atoms with E-state index in [1.54, 1.807) is 24.3 Å². The SMILES string of the molecule is C.O=C(c1ccccc1)c1cc(F)ccn1. The molecule has 2 rings (SSSR count). The summed E-state index contributed by atoms with van der Waals surface area (Å²) in [7, 11) is 0. The predicted molar refractivity (Wildman–Crippen MR) is 60.8 cm³/mol. The lowest BCUT2D eigenvalue weighted by Crippen LogP contribution is -2.03. The van der Waals surface area contributed by atoms with Crippen molar-refractivity contribution in [3.63, 3.8) is 0 Å². The molecule has 0 atom stereocenters. The van der Waals surface area contributed by atoms with E-state index in [4.69, 9.17) is 0 Å². The first-order valence-electron chi connectivity index (χ1n) is 4.48. The highest BCUT2D eigenvalue weighted by atomic mass is 19.1. The van der Waals surface area contributed by atoms with Gasteiger partial charge in [-0.25, -0.2) is 4.39 Å². The molecule has 0 saturated carbocycles. The number of hydrogen-bond donors (Lipinski definition) is 0. The smallest absolute Gasteiger partial charge is 0.211 e. The van der Waals surface area contributed by atoms with E-state index in [9.17, 15) is 9.18 Å². The third kappa shape index (κ3) is 2.51. The molecule has 3 heteroatoms. The molecule has 1 aromatic heterocycles. The number of hydrogen-bond acceptors (Lipinski definition) is 2. The summed E-state index contributed by atoms with van der Waals surface area (Å²) in [6.45, 7) is 0. The van der Waals surface area contributed by atoms with Crippen molar-refractivity contribution in [2.45, 2.75) is 7.43 Å². The third-order valence-corrected chi connectivity index (χ3v) is 1.99. The van der Waals surface area contributed by atoms with Crippen LogP contribution in [0.5, 0.6) is 0 Å². The highest BCUT2D eigenvalue weighted by Crippen LogP contribution is 2.08. The molecule has 1 heterocycles. The Morgan fingerprint density at radius 3 is 2.44 bits per heavy atom. The summed E-state index contributed by atoms with van der Waals surface area (Å²) in [5.41, 5.74) is 0.636. The summed E-state index contributed by atoms with van der Waals surface area (Å²) in [5.74, 6) is -0.723. The first-order chi connectivity index (χ1) is 7.27. The van der Waals surface area contributed by atoms with Gasteiger partial charge in [-0.2, -0.15) is 0 Å². The average molecular weight is 217 g/mol. The summed E-state index contributed by atoms with van der Waals surface area (Å²) < 4.78 is 12.9. The van der Waals surface area contributed by atoms with Crippen LogP contribution < -0.4 is 0 Å². The van der Waals surface area contributed by atoms with Gasteiger partial charge in [0.2, 0.25) is 5.78 Å². The van der Waals surface area contributed by atoms with Crippen molar-refractivity contribution in [3.8, 4) is 0 Å². The third-order valence-electron chi connectivity index (χ3n) is 1.99. The molecule has 0 radical (unpaired) electrons. The van der Waals surface area contributed by atoms with Gasteiger partial charge in [0.1, 0.15) is 11.5 Å². The van der Waals surface area contributed by atoms with Crippen LogP contribution in [0.15, 0.2) is 48.7 Å². The molecule has 2 nitrogen and oxygen atoms in total. The minimum absolute atomic E-state index is 0. The monoisotopic (exact) mass is 217 g/mol. The normalized spacial score (nSPS) is 9.31. The van der Waals surface area contributed by atoms with E-state index in [0.717, 1.165) is 6.07 Å². The first-order valence-corrected chi connectivity index (χ1v) is 4.48. The highest BCUT2D eigenvalue weighted by molar-refractivity contribution is 6.07. The Hall–Kier alpha value is -2.03. The quantitative estimate of drug-likeness (QED) is 0.723. The fraction of sp³-hybridized carbons (Fsp3) is 0.0769. The Morgan fingerprint density at radius 2 is 1.81 bits per heavy atom. The fourth-order valence-electron chi connectivity index (χ4n) is 1.27. The topological polar surface area (TPSA) is 30.0 Å². The summed E-state index contributed by atoms with van der Waals surface area (Å²) >= 11 is 0. The van der Waals surface area contributed by atoms with Gasteiger partial charge in [-0.05, 0) is 6.07 Å². The number of benzene rings is 1. The lowest BCUT2D eigenvalue weighted by molar-refractivity contribution is 0.103. The summed E-state index contributed by atoms with van der Waals surface area (Å²) in [6.07, 6.45) is 1.28. The molecule has 0 N–H and O–H groups in total. The van der Waals surface area contributed by atoms with Crippen LogP contribution in [0.2, 0.25) is 0 Å². The van der Waals surface area contributed by atoms with Crippen LogP contribution in [0.3, 0.4) is 0 Å². The minimum atomic E-state index is -0.454. The lowest BCUT2D eigenvalue weighted by atomic mass is 10.1. The van der Waals surface area contributed by atoms with Crippen LogP contribution in [-0.2, 0) is 0 Å². The fourth-order valence-corrected chi connectivity index (χ4v) is 1.27. The molecule has 0 spiro atoms. The second-order valence-electron chi connectivity index (χ2n) is 3.05. The van der Waals surface area contributed by atoms with Gasteiger partial charge in [0, 0.05) is 17.8 Å². The minimum Gasteiger partial charge on any atom is -0.287 e. The van der Waals surface area contributed by atoms with Crippen molar-refractivity contribution < 1.29 is 9.18 Å². The number of carbonyl (C=O) groups is 1. The summed E-state index contributed by atoms with van der Waals surface area (Å²) in [5, 5.41) is 0. The van der Waals surface area contributed by atoms with Crippen LogP contribution in [0.1, 0.15) is 23.5 Å². The summed E-state index contributed by atoms with van der Waals surface area (Å²) in [6, 6.07) is 11.0. The van der Waals surface area contributed by atoms with Crippen LogP contribution in [0.4, 0.5) is 4.39 Å². The van der Waals surface area contributed by atoms with Gasteiger partial charge in [0.05, 0.1) is 0 Å².